The van der Waals surface area contributed by atoms with Crippen LogP contribution in [0.5, 0.6) is 0 Å². The summed E-state index contributed by atoms with van der Waals surface area (Å²) < 4.78 is 5.21. The summed E-state index contributed by atoms with van der Waals surface area (Å²) in [6, 6.07) is 0.121. The Labute approximate surface area is 104 Å². The molecule has 0 saturated carbocycles. The van der Waals surface area contributed by atoms with Crippen LogP contribution < -0.4 is 5.73 Å². The topological polar surface area (TPSA) is 52.3 Å². The van der Waals surface area contributed by atoms with Crippen molar-refractivity contribution in [2.24, 2.45) is 11.1 Å². The predicted octanol–water partition coefficient (Wildman–Crippen LogP) is 2.79. The third-order valence-electron chi connectivity index (χ3n) is 2.98. The highest BCUT2D eigenvalue weighted by Gasteiger charge is 2.27. The first kappa shape index (κ1) is 14.2. The molecule has 2 atom stereocenters. The fourth-order valence-corrected chi connectivity index (χ4v) is 2.16. The van der Waals surface area contributed by atoms with E-state index in [-0.39, 0.29) is 23.5 Å². The number of ether oxygens (including phenoxy) is 1. The van der Waals surface area contributed by atoms with Crippen LogP contribution in [-0.4, -0.2) is 18.1 Å². The second-order valence-electron chi connectivity index (χ2n) is 6.13. The molecule has 1 aliphatic heterocycles. The zero-order valence-electron chi connectivity index (χ0n) is 11.5. The predicted molar refractivity (Wildman–Crippen MR) is 69.5 cm³/mol. The molecule has 3 nitrogen and oxygen atoms in total. The molecule has 1 rings (SSSR count). The molecule has 0 aromatic carbocycles. The minimum atomic E-state index is -0.153. The van der Waals surface area contributed by atoms with Crippen molar-refractivity contribution in [3.63, 3.8) is 0 Å². The zero-order chi connectivity index (χ0) is 13.1. The molecular formula is C14H25NO2. The second-order valence-corrected chi connectivity index (χ2v) is 6.13. The SMILES string of the molecule is CCC1C/C(=C/CC(N)CC(C)(C)C)C(=O)O1. The largest absolute Gasteiger partial charge is 0.459 e. The van der Waals surface area contributed by atoms with Crippen LogP contribution in [0.25, 0.3) is 0 Å². The summed E-state index contributed by atoms with van der Waals surface area (Å²) in [7, 11) is 0. The summed E-state index contributed by atoms with van der Waals surface area (Å²) in [4.78, 5) is 11.5. The number of hydrogen-bond acceptors (Lipinski definition) is 3. The maximum Gasteiger partial charge on any atom is 0.334 e. The van der Waals surface area contributed by atoms with E-state index >= 15 is 0 Å². The van der Waals surface area contributed by atoms with Gasteiger partial charge in [-0.05, 0) is 24.7 Å². The average Bonchev–Trinajstić information content (AvgIpc) is 2.54. The standard InChI is InChI=1S/C14H25NO2/c1-5-12-8-10(13(16)17-12)6-7-11(15)9-14(2,3)4/h6,11-12H,5,7-9,15H2,1-4H3/b10-6-. The fraction of sp³-hybridized carbons (Fsp3) is 0.786. The Kier molecular flexibility index (Phi) is 4.75. The first-order valence-corrected chi connectivity index (χ1v) is 6.47. The first-order chi connectivity index (χ1) is 7.81. The lowest BCUT2D eigenvalue weighted by Gasteiger charge is -2.22. The lowest BCUT2D eigenvalue weighted by atomic mass is 9.87. The Balaban J connectivity index is 2.46. The Morgan fingerprint density at radius 1 is 1.53 bits per heavy atom. The summed E-state index contributed by atoms with van der Waals surface area (Å²) in [5.41, 5.74) is 7.10. The molecule has 1 heterocycles. The quantitative estimate of drug-likeness (QED) is 0.606. The van der Waals surface area contributed by atoms with Crippen LogP contribution >= 0.6 is 0 Å². The lowest BCUT2D eigenvalue weighted by Crippen LogP contribution is -2.25. The van der Waals surface area contributed by atoms with Gasteiger partial charge in [0.2, 0.25) is 0 Å². The van der Waals surface area contributed by atoms with Crippen LogP contribution in [0.15, 0.2) is 11.6 Å². The van der Waals surface area contributed by atoms with Gasteiger partial charge < -0.3 is 10.5 Å². The molecule has 98 valence electrons. The van der Waals surface area contributed by atoms with Gasteiger partial charge in [0, 0.05) is 18.0 Å². The highest BCUT2D eigenvalue weighted by Crippen LogP contribution is 2.25. The highest BCUT2D eigenvalue weighted by atomic mass is 16.5. The molecule has 17 heavy (non-hydrogen) atoms. The van der Waals surface area contributed by atoms with Crippen molar-refractivity contribution in [1.82, 2.24) is 0 Å². The van der Waals surface area contributed by atoms with Gasteiger partial charge in [-0.3, -0.25) is 0 Å². The van der Waals surface area contributed by atoms with Gasteiger partial charge in [0.1, 0.15) is 6.10 Å². The van der Waals surface area contributed by atoms with E-state index in [1.807, 2.05) is 13.0 Å². The van der Waals surface area contributed by atoms with Crippen molar-refractivity contribution < 1.29 is 9.53 Å². The van der Waals surface area contributed by atoms with E-state index in [4.69, 9.17) is 10.5 Å². The summed E-state index contributed by atoms with van der Waals surface area (Å²) in [5, 5.41) is 0. The summed E-state index contributed by atoms with van der Waals surface area (Å²) in [6.07, 6.45) is 5.40. The average molecular weight is 239 g/mol. The van der Waals surface area contributed by atoms with Crippen LogP contribution in [0.1, 0.15) is 53.4 Å². The number of hydrogen-bond donors (Lipinski definition) is 1. The molecular weight excluding hydrogens is 214 g/mol. The Bertz CT molecular complexity index is 302. The summed E-state index contributed by atoms with van der Waals surface area (Å²) in [6.45, 7) is 8.57. The van der Waals surface area contributed by atoms with Gasteiger partial charge in [-0.25, -0.2) is 4.79 Å². The molecule has 2 N–H and O–H groups in total. The summed E-state index contributed by atoms with van der Waals surface area (Å²) in [5.74, 6) is -0.153. The molecule has 1 saturated heterocycles. The number of cyclic esters (lactones) is 1. The summed E-state index contributed by atoms with van der Waals surface area (Å²) >= 11 is 0. The van der Waals surface area contributed by atoms with Gasteiger partial charge in [-0.1, -0.05) is 33.8 Å². The van der Waals surface area contributed by atoms with Gasteiger partial charge in [0.05, 0.1) is 0 Å². The van der Waals surface area contributed by atoms with Gasteiger partial charge in [0.25, 0.3) is 0 Å². The van der Waals surface area contributed by atoms with Gasteiger partial charge in [-0.2, -0.15) is 0 Å². The molecule has 0 bridgehead atoms. The Morgan fingerprint density at radius 2 is 2.18 bits per heavy atom. The van der Waals surface area contributed by atoms with E-state index in [0.717, 1.165) is 31.3 Å². The van der Waals surface area contributed by atoms with Gasteiger partial charge in [0.15, 0.2) is 0 Å². The Hall–Kier alpha value is -0.830. The Morgan fingerprint density at radius 3 is 2.65 bits per heavy atom. The number of carbonyl (C=O) groups excluding carboxylic acids is 1. The molecule has 0 aliphatic carbocycles. The minimum absolute atomic E-state index is 0.0765. The maximum atomic E-state index is 11.5. The van der Waals surface area contributed by atoms with Gasteiger partial charge in [-0.15, -0.1) is 0 Å². The maximum absolute atomic E-state index is 11.5. The van der Waals surface area contributed by atoms with Crippen LogP contribution in [0.2, 0.25) is 0 Å². The molecule has 1 fully saturated rings. The second kappa shape index (κ2) is 5.67. The first-order valence-electron chi connectivity index (χ1n) is 6.47. The molecule has 3 heteroatoms. The molecule has 0 amide bonds. The third kappa shape index (κ3) is 4.90. The van der Waals surface area contributed by atoms with E-state index in [0.29, 0.717) is 0 Å². The van der Waals surface area contributed by atoms with E-state index in [9.17, 15) is 4.79 Å². The smallest absolute Gasteiger partial charge is 0.334 e. The monoisotopic (exact) mass is 239 g/mol. The van der Waals surface area contributed by atoms with E-state index in [2.05, 4.69) is 20.8 Å². The van der Waals surface area contributed by atoms with Crippen LogP contribution in [0.3, 0.4) is 0 Å². The molecule has 1 aliphatic rings. The van der Waals surface area contributed by atoms with Crippen molar-refractivity contribution in [1.29, 1.82) is 0 Å². The number of esters is 1. The molecule has 0 radical (unpaired) electrons. The normalized spacial score (nSPS) is 25.1. The number of carbonyl (C=O) groups is 1. The number of rotatable bonds is 4. The third-order valence-corrected chi connectivity index (χ3v) is 2.98. The van der Waals surface area contributed by atoms with Crippen LogP contribution in [0.4, 0.5) is 0 Å². The van der Waals surface area contributed by atoms with Crippen molar-refractivity contribution in [2.45, 2.75) is 65.5 Å². The van der Waals surface area contributed by atoms with E-state index in [1.54, 1.807) is 0 Å². The van der Waals surface area contributed by atoms with Crippen molar-refractivity contribution in [2.75, 3.05) is 0 Å². The van der Waals surface area contributed by atoms with Crippen molar-refractivity contribution in [3.8, 4) is 0 Å². The van der Waals surface area contributed by atoms with Crippen molar-refractivity contribution >= 4 is 5.97 Å². The zero-order valence-corrected chi connectivity index (χ0v) is 11.5. The lowest BCUT2D eigenvalue weighted by molar-refractivity contribution is -0.138. The fourth-order valence-electron chi connectivity index (χ4n) is 2.16. The van der Waals surface area contributed by atoms with Gasteiger partial charge >= 0.3 is 5.97 Å². The molecule has 0 spiro atoms. The molecule has 0 aromatic rings. The molecule has 2 unspecified atom stereocenters. The van der Waals surface area contributed by atoms with Crippen molar-refractivity contribution in [3.05, 3.63) is 11.6 Å². The number of nitrogens with two attached hydrogens (primary N) is 1. The molecule has 0 aromatic heterocycles. The minimum Gasteiger partial charge on any atom is -0.459 e. The van der Waals surface area contributed by atoms with E-state index in [1.165, 1.54) is 0 Å². The van der Waals surface area contributed by atoms with Crippen LogP contribution in [0, 0.1) is 5.41 Å². The van der Waals surface area contributed by atoms with Crippen LogP contribution in [-0.2, 0) is 9.53 Å². The highest BCUT2D eigenvalue weighted by molar-refractivity contribution is 5.90. The van der Waals surface area contributed by atoms with E-state index < -0.39 is 0 Å².